The van der Waals surface area contributed by atoms with Crippen molar-refractivity contribution in [1.82, 2.24) is 5.32 Å². The van der Waals surface area contributed by atoms with Gasteiger partial charge in [-0.1, -0.05) is 38.2 Å². The SMILES string of the molecule is COc1ccc(C2C(=C=N)C(=S)NC3=C2C(=O)CC(C)(C)C3)cc1. The fourth-order valence-electron chi connectivity index (χ4n) is 3.52. The molecule has 124 valence electrons. The van der Waals surface area contributed by atoms with Crippen molar-refractivity contribution in [3.63, 3.8) is 0 Å². The number of hydrogen-bond donors (Lipinski definition) is 2. The second-order valence-corrected chi connectivity index (χ2v) is 7.44. The van der Waals surface area contributed by atoms with Crippen molar-refractivity contribution >= 4 is 28.9 Å². The van der Waals surface area contributed by atoms with Crippen LogP contribution in [0.2, 0.25) is 0 Å². The number of carbonyl (C=O) groups is 1. The minimum absolute atomic E-state index is 0.0884. The van der Waals surface area contributed by atoms with Gasteiger partial charge in [0.05, 0.1) is 18.6 Å². The van der Waals surface area contributed by atoms with E-state index in [1.807, 2.05) is 24.3 Å². The lowest BCUT2D eigenvalue weighted by Gasteiger charge is -2.39. The summed E-state index contributed by atoms with van der Waals surface area (Å²) >= 11 is 5.43. The molecule has 1 atom stereocenters. The molecule has 3 rings (SSSR count). The molecule has 0 aromatic heterocycles. The summed E-state index contributed by atoms with van der Waals surface area (Å²) < 4.78 is 5.21. The maximum atomic E-state index is 12.9. The van der Waals surface area contributed by atoms with E-state index in [4.69, 9.17) is 22.4 Å². The number of allylic oxidation sites excluding steroid dienone is 2. The number of benzene rings is 1. The summed E-state index contributed by atoms with van der Waals surface area (Å²) in [6.45, 7) is 4.17. The summed E-state index contributed by atoms with van der Waals surface area (Å²) in [7, 11) is 1.62. The normalized spacial score (nSPS) is 22.6. The first-order valence-corrected chi connectivity index (χ1v) is 8.28. The highest BCUT2D eigenvalue weighted by Gasteiger charge is 2.42. The van der Waals surface area contributed by atoms with Gasteiger partial charge in [0.25, 0.3) is 0 Å². The molecular formula is C19H20N2O2S. The molecule has 2 aliphatic rings. The highest BCUT2D eigenvalue weighted by Crippen LogP contribution is 2.45. The molecule has 1 aliphatic carbocycles. The van der Waals surface area contributed by atoms with E-state index in [1.54, 1.807) is 7.11 Å². The van der Waals surface area contributed by atoms with Gasteiger partial charge in [-0.2, -0.15) is 0 Å². The summed E-state index contributed by atoms with van der Waals surface area (Å²) in [4.78, 5) is 13.3. The molecular weight excluding hydrogens is 320 g/mol. The van der Waals surface area contributed by atoms with Crippen LogP contribution in [0.25, 0.3) is 0 Å². The van der Waals surface area contributed by atoms with Gasteiger partial charge < -0.3 is 10.1 Å². The Morgan fingerprint density at radius 1 is 1.29 bits per heavy atom. The lowest BCUT2D eigenvalue weighted by Crippen LogP contribution is -2.41. The Balaban J connectivity index is 2.16. The summed E-state index contributed by atoms with van der Waals surface area (Å²) in [6, 6.07) is 7.57. The van der Waals surface area contributed by atoms with Gasteiger partial charge in [-0.05, 0) is 35.4 Å². The van der Waals surface area contributed by atoms with Crippen molar-refractivity contribution in [2.75, 3.05) is 7.11 Å². The topological polar surface area (TPSA) is 62.2 Å². The van der Waals surface area contributed by atoms with Crippen LogP contribution >= 0.6 is 12.2 Å². The maximum Gasteiger partial charge on any atom is 0.162 e. The maximum absolute atomic E-state index is 12.9. The van der Waals surface area contributed by atoms with Crippen LogP contribution in [0.15, 0.2) is 41.1 Å². The van der Waals surface area contributed by atoms with Crippen LogP contribution in [0.4, 0.5) is 0 Å². The van der Waals surface area contributed by atoms with Crippen LogP contribution in [-0.4, -0.2) is 23.8 Å². The van der Waals surface area contributed by atoms with Gasteiger partial charge in [0.1, 0.15) is 10.7 Å². The number of nitrogens with one attached hydrogen (secondary N) is 2. The van der Waals surface area contributed by atoms with Crippen LogP contribution < -0.4 is 10.1 Å². The summed E-state index contributed by atoms with van der Waals surface area (Å²) in [5.74, 6) is 2.98. The zero-order chi connectivity index (χ0) is 17.5. The first-order valence-electron chi connectivity index (χ1n) is 7.87. The van der Waals surface area contributed by atoms with E-state index < -0.39 is 0 Å². The number of methoxy groups -OCH3 is 1. The minimum atomic E-state index is -0.333. The first kappa shape index (κ1) is 16.6. The zero-order valence-electron chi connectivity index (χ0n) is 14.0. The van der Waals surface area contributed by atoms with E-state index in [-0.39, 0.29) is 17.1 Å². The Bertz CT molecular complexity index is 799. The highest BCUT2D eigenvalue weighted by molar-refractivity contribution is 7.80. The van der Waals surface area contributed by atoms with E-state index in [0.717, 1.165) is 29.0 Å². The number of ketones is 1. The van der Waals surface area contributed by atoms with E-state index in [1.165, 1.54) is 0 Å². The quantitative estimate of drug-likeness (QED) is 0.491. The van der Waals surface area contributed by atoms with Gasteiger partial charge in [-0.15, -0.1) is 0 Å². The van der Waals surface area contributed by atoms with Gasteiger partial charge in [-0.3, -0.25) is 10.2 Å². The number of hydrogen-bond acceptors (Lipinski definition) is 4. The van der Waals surface area contributed by atoms with Crippen LogP contribution in [0.1, 0.15) is 38.2 Å². The number of carbonyl (C=O) groups excluding carboxylic acids is 1. The second kappa shape index (κ2) is 6.00. The molecule has 2 N–H and O–H groups in total. The minimum Gasteiger partial charge on any atom is -0.497 e. The Morgan fingerprint density at radius 2 is 1.96 bits per heavy atom. The molecule has 0 saturated heterocycles. The van der Waals surface area contributed by atoms with Crippen molar-refractivity contribution in [2.45, 2.75) is 32.6 Å². The molecule has 1 heterocycles. The van der Waals surface area contributed by atoms with Gasteiger partial charge >= 0.3 is 0 Å². The lowest BCUT2D eigenvalue weighted by atomic mass is 9.69. The molecule has 4 nitrogen and oxygen atoms in total. The van der Waals surface area contributed by atoms with Gasteiger partial charge in [0.15, 0.2) is 5.78 Å². The van der Waals surface area contributed by atoms with Crippen molar-refractivity contribution in [3.05, 3.63) is 46.7 Å². The Hall–Kier alpha value is -2.23. The molecule has 0 bridgehead atoms. The van der Waals surface area contributed by atoms with E-state index in [0.29, 0.717) is 17.0 Å². The van der Waals surface area contributed by atoms with Crippen molar-refractivity contribution in [1.29, 1.82) is 5.41 Å². The first-order chi connectivity index (χ1) is 11.4. The number of ether oxygens (including phenoxy) is 1. The van der Waals surface area contributed by atoms with Gasteiger partial charge in [-0.25, -0.2) is 0 Å². The molecule has 0 amide bonds. The number of thiocarbonyl (C=S) groups is 1. The average Bonchev–Trinajstić information content (AvgIpc) is 2.52. The number of Topliss-reactive ketones (excluding diaryl/α,β-unsaturated/α-hetero) is 1. The molecule has 1 aromatic rings. The van der Waals surface area contributed by atoms with Crippen molar-refractivity contribution < 1.29 is 9.53 Å². The largest absolute Gasteiger partial charge is 0.497 e. The van der Waals surface area contributed by atoms with Crippen LogP contribution in [0.3, 0.4) is 0 Å². The fourth-order valence-corrected chi connectivity index (χ4v) is 3.81. The third-order valence-electron chi connectivity index (χ3n) is 4.59. The predicted octanol–water partition coefficient (Wildman–Crippen LogP) is 3.53. The molecule has 1 unspecified atom stereocenters. The second-order valence-electron chi connectivity index (χ2n) is 7.03. The third-order valence-corrected chi connectivity index (χ3v) is 4.91. The Kier molecular flexibility index (Phi) is 4.16. The Labute approximate surface area is 147 Å². The smallest absolute Gasteiger partial charge is 0.162 e. The molecule has 0 saturated carbocycles. The summed E-state index contributed by atoms with van der Waals surface area (Å²) in [5, 5.41) is 10.8. The van der Waals surface area contributed by atoms with E-state index >= 15 is 0 Å². The van der Waals surface area contributed by atoms with Crippen LogP contribution in [0, 0.1) is 10.8 Å². The molecule has 0 spiro atoms. The highest BCUT2D eigenvalue weighted by atomic mass is 32.1. The van der Waals surface area contributed by atoms with Gasteiger partial charge in [0.2, 0.25) is 0 Å². The molecule has 1 aliphatic heterocycles. The molecule has 5 heteroatoms. The molecule has 0 fully saturated rings. The summed E-state index contributed by atoms with van der Waals surface area (Å²) in [6.07, 6.45) is 1.27. The van der Waals surface area contributed by atoms with Gasteiger partial charge in [0, 0.05) is 17.7 Å². The standard InChI is InChI=1S/C19H20N2O2S/c1-19(2)8-14-17(15(22)9-19)16(13(10-20)18(24)21-14)11-4-6-12(23-3)7-5-11/h4-7,16,20H,8-9H2,1-3H3,(H,21,24). The monoisotopic (exact) mass is 340 g/mol. The van der Waals surface area contributed by atoms with Crippen LogP contribution in [-0.2, 0) is 4.79 Å². The van der Waals surface area contributed by atoms with E-state index in [9.17, 15) is 4.79 Å². The van der Waals surface area contributed by atoms with Crippen molar-refractivity contribution in [2.24, 2.45) is 5.41 Å². The average molecular weight is 340 g/mol. The van der Waals surface area contributed by atoms with E-state index in [2.05, 4.69) is 25.0 Å². The van der Waals surface area contributed by atoms with Crippen molar-refractivity contribution in [3.8, 4) is 5.75 Å². The molecule has 1 aromatic carbocycles. The molecule has 24 heavy (non-hydrogen) atoms. The fraction of sp³-hybridized carbons (Fsp3) is 0.368. The third kappa shape index (κ3) is 2.81. The zero-order valence-corrected chi connectivity index (χ0v) is 14.8. The summed E-state index contributed by atoms with van der Waals surface area (Å²) in [5.41, 5.74) is 3.00. The lowest BCUT2D eigenvalue weighted by molar-refractivity contribution is -0.118. The Morgan fingerprint density at radius 3 is 2.54 bits per heavy atom. The molecule has 0 radical (unpaired) electrons. The number of rotatable bonds is 2. The predicted molar refractivity (Wildman–Crippen MR) is 97.8 cm³/mol. The van der Waals surface area contributed by atoms with Crippen LogP contribution in [0.5, 0.6) is 5.75 Å².